The standard InChI is InChI=1S/C20H25NO2S/c1-15-3-5-17(6-4-15)19-16(2)24-14-18(19)13-21-9-7-20(8-10-21)22-11-12-23-20/h3-6,14H,7-13H2,1-2H3. The third-order valence-electron chi connectivity index (χ3n) is 5.22. The van der Waals surface area contributed by atoms with Crippen LogP contribution in [0.1, 0.15) is 28.8 Å². The molecule has 1 spiro atoms. The van der Waals surface area contributed by atoms with E-state index in [2.05, 4.69) is 48.4 Å². The number of aryl methyl sites for hydroxylation is 2. The quantitative estimate of drug-likeness (QED) is 0.826. The van der Waals surface area contributed by atoms with E-state index in [0.29, 0.717) is 0 Å². The van der Waals surface area contributed by atoms with Crippen LogP contribution in [0.3, 0.4) is 0 Å². The Morgan fingerprint density at radius 2 is 1.71 bits per heavy atom. The molecule has 0 bridgehead atoms. The van der Waals surface area contributed by atoms with E-state index in [1.54, 1.807) is 0 Å². The van der Waals surface area contributed by atoms with Crippen molar-refractivity contribution in [1.29, 1.82) is 0 Å². The van der Waals surface area contributed by atoms with Gasteiger partial charge in [-0.1, -0.05) is 29.8 Å². The fourth-order valence-corrected chi connectivity index (χ4v) is 4.69. The minimum absolute atomic E-state index is 0.277. The fraction of sp³-hybridized carbons (Fsp3) is 0.500. The first-order valence-electron chi connectivity index (χ1n) is 8.79. The van der Waals surface area contributed by atoms with Crippen LogP contribution >= 0.6 is 11.3 Å². The van der Waals surface area contributed by atoms with E-state index in [1.807, 2.05) is 11.3 Å². The average Bonchev–Trinajstić information content (AvgIpc) is 3.19. The molecule has 2 fully saturated rings. The highest BCUT2D eigenvalue weighted by molar-refractivity contribution is 7.10. The number of nitrogens with zero attached hydrogens (tertiary/aromatic N) is 1. The van der Waals surface area contributed by atoms with Crippen molar-refractivity contribution in [2.45, 2.75) is 39.0 Å². The summed E-state index contributed by atoms with van der Waals surface area (Å²) in [6.07, 6.45) is 1.96. The second-order valence-corrected chi connectivity index (χ2v) is 8.03. The van der Waals surface area contributed by atoms with Crippen LogP contribution in [0.4, 0.5) is 0 Å². The molecule has 2 aromatic rings. The third kappa shape index (κ3) is 3.16. The van der Waals surface area contributed by atoms with E-state index in [4.69, 9.17) is 9.47 Å². The predicted molar refractivity (Wildman–Crippen MR) is 98.4 cm³/mol. The number of likely N-dealkylation sites (tertiary alicyclic amines) is 1. The van der Waals surface area contributed by atoms with Crippen LogP contribution in [0.5, 0.6) is 0 Å². The minimum atomic E-state index is -0.277. The maximum Gasteiger partial charge on any atom is 0.170 e. The van der Waals surface area contributed by atoms with Crippen LogP contribution in [0.15, 0.2) is 29.6 Å². The molecule has 0 amide bonds. The predicted octanol–water partition coefficient (Wildman–Crippen LogP) is 4.37. The molecule has 24 heavy (non-hydrogen) atoms. The summed E-state index contributed by atoms with van der Waals surface area (Å²) in [5.41, 5.74) is 5.52. The molecule has 128 valence electrons. The maximum absolute atomic E-state index is 5.84. The Morgan fingerprint density at radius 1 is 1.04 bits per heavy atom. The molecule has 0 saturated carbocycles. The van der Waals surface area contributed by atoms with Crippen molar-refractivity contribution < 1.29 is 9.47 Å². The van der Waals surface area contributed by atoms with Gasteiger partial charge in [0.2, 0.25) is 0 Å². The second-order valence-electron chi connectivity index (χ2n) is 6.94. The van der Waals surface area contributed by atoms with Gasteiger partial charge < -0.3 is 9.47 Å². The lowest BCUT2D eigenvalue weighted by molar-refractivity contribution is -0.185. The average molecular weight is 343 g/mol. The largest absolute Gasteiger partial charge is 0.347 e. The molecule has 1 aromatic heterocycles. The van der Waals surface area contributed by atoms with E-state index in [1.165, 1.54) is 27.1 Å². The number of hydrogen-bond donors (Lipinski definition) is 0. The van der Waals surface area contributed by atoms with Gasteiger partial charge in [0.25, 0.3) is 0 Å². The Balaban J connectivity index is 1.49. The summed E-state index contributed by atoms with van der Waals surface area (Å²) in [6.45, 7) is 8.98. The second kappa shape index (κ2) is 6.60. The van der Waals surface area contributed by atoms with Crippen LogP contribution in [0.25, 0.3) is 11.1 Å². The molecule has 0 radical (unpaired) electrons. The summed E-state index contributed by atoms with van der Waals surface area (Å²) in [6, 6.07) is 8.91. The molecule has 4 rings (SSSR count). The van der Waals surface area contributed by atoms with Crippen molar-refractivity contribution in [2.24, 2.45) is 0 Å². The van der Waals surface area contributed by atoms with Crippen molar-refractivity contribution in [3.8, 4) is 11.1 Å². The molecule has 4 heteroatoms. The summed E-state index contributed by atoms with van der Waals surface area (Å²) >= 11 is 1.86. The summed E-state index contributed by atoms with van der Waals surface area (Å²) in [7, 11) is 0. The molecule has 0 unspecified atom stereocenters. The van der Waals surface area contributed by atoms with Gasteiger partial charge in [0, 0.05) is 37.4 Å². The Labute approximate surface area is 148 Å². The van der Waals surface area contributed by atoms with Crippen LogP contribution < -0.4 is 0 Å². The van der Waals surface area contributed by atoms with Crippen LogP contribution in [-0.2, 0) is 16.0 Å². The molecular formula is C20H25NO2S. The van der Waals surface area contributed by atoms with Gasteiger partial charge in [0.15, 0.2) is 5.79 Å². The molecule has 2 saturated heterocycles. The number of rotatable bonds is 3. The van der Waals surface area contributed by atoms with Gasteiger partial charge in [-0.05, 0) is 35.9 Å². The Hall–Kier alpha value is -1.20. The van der Waals surface area contributed by atoms with Gasteiger partial charge in [-0.2, -0.15) is 0 Å². The highest BCUT2D eigenvalue weighted by Crippen LogP contribution is 2.36. The Kier molecular flexibility index (Phi) is 4.48. The minimum Gasteiger partial charge on any atom is -0.347 e. The van der Waals surface area contributed by atoms with Crippen molar-refractivity contribution >= 4 is 11.3 Å². The van der Waals surface area contributed by atoms with E-state index >= 15 is 0 Å². The Morgan fingerprint density at radius 3 is 2.38 bits per heavy atom. The number of thiophene rings is 1. The molecule has 0 atom stereocenters. The normalized spacial score (nSPS) is 20.8. The van der Waals surface area contributed by atoms with Crippen molar-refractivity contribution in [3.05, 3.63) is 45.6 Å². The van der Waals surface area contributed by atoms with Gasteiger partial charge in [-0.3, -0.25) is 4.90 Å². The smallest absolute Gasteiger partial charge is 0.170 e. The highest BCUT2D eigenvalue weighted by atomic mass is 32.1. The first kappa shape index (κ1) is 16.3. The number of ether oxygens (including phenoxy) is 2. The van der Waals surface area contributed by atoms with E-state index in [-0.39, 0.29) is 5.79 Å². The van der Waals surface area contributed by atoms with Gasteiger partial charge in [0.05, 0.1) is 13.2 Å². The van der Waals surface area contributed by atoms with Crippen molar-refractivity contribution in [3.63, 3.8) is 0 Å². The van der Waals surface area contributed by atoms with Crippen LogP contribution in [-0.4, -0.2) is 37.0 Å². The molecule has 1 aromatic carbocycles. The van der Waals surface area contributed by atoms with Crippen molar-refractivity contribution in [1.82, 2.24) is 4.90 Å². The molecule has 0 aliphatic carbocycles. The number of benzene rings is 1. The van der Waals surface area contributed by atoms with Gasteiger partial charge in [-0.25, -0.2) is 0 Å². The molecular weight excluding hydrogens is 318 g/mol. The summed E-state index contributed by atoms with van der Waals surface area (Å²) in [4.78, 5) is 3.94. The lowest BCUT2D eigenvalue weighted by Gasteiger charge is -2.37. The summed E-state index contributed by atoms with van der Waals surface area (Å²) in [5, 5.41) is 2.33. The van der Waals surface area contributed by atoms with E-state index in [9.17, 15) is 0 Å². The molecule has 3 heterocycles. The molecule has 0 N–H and O–H groups in total. The van der Waals surface area contributed by atoms with Gasteiger partial charge >= 0.3 is 0 Å². The van der Waals surface area contributed by atoms with Gasteiger partial charge in [0.1, 0.15) is 0 Å². The monoisotopic (exact) mass is 343 g/mol. The number of piperidine rings is 1. The lowest BCUT2D eigenvalue weighted by Crippen LogP contribution is -2.44. The van der Waals surface area contributed by atoms with Crippen LogP contribution in [0, 0.1) is 13.8 Å². The first-order valence-corrected chi connectivity index (χ1v) is 9.67. The SMILES string of the molecule is Cc1ccc(-c2c(CN3CCC4(CC3)OCCO4)csc2C)cc1. The third-order valence-corrected chi connectivity index (χ3v) is 6.18. The van der Waals surface area contributed by atoms with Crippen molar-refractivity contribution in [2.75, 3.05) is 26.3 Å². The summed E-state index contributed by atoms with van der Waals surface area (Å²) in [5.74, 6) is -0.277. The number of hydrogen-bond acceptors (Lipinski definition) is 4. The zero-order chi connectivity index (χ0) is 16.6. The highest BCUT2D eigenvalue weighted by Gasteiger charge is 2.39. The summed E-state index contributed by atoms with van der Waals surface area (Å²) < 4.78 is 11.7. The molecule has 2 aliphatic heterocycles. The Bertz CT molecular complexity index is 691. The fourth-order valence-electron chi connectivity index (χ4n) is 3.81. The van der Waals surface area contributed by atoms with Crippen LogP contribution in [0.2, 0.25) is 0 Å². The van der Waals surface area contributed by atoms with E-state index < -0.39 is 0 Å². The maximum atomic E-state index is 5.84. The zero-order valence-electron chi connectivity index (χ0n) is 14.5. The first-order chi connectivity index (χ1) is 11.7. The zero-order valence-corrected chi connectivity index (χ0v) is 15.3. The molecule has 3 nitrogen and oxygen atoms in total. The lowest BCUT2D eigenvalue weighted by atomic mass is 9.99. The topological polar surface area (TPSA) is 21.7 Å². The molecule has 2 aliphatic rings. The van der Waals surface area contributed by atoms with E-state index in [0.717, 1.165) is 45.7 Å². The van der Waals surface area contributed by atoms with Gasteiger partial charge in [-0.15, -0.1) is 11.3 Å².